The highest BCUT2D eigenvalue weighted by Gasteiger charge is 2.27. The molecule has 0 atom stereocenters. The lowest BCUT2D eigenvalue weighted by Gasteiger charge is -2.24. The molecule has 0 radical (unpaired) electrons. The van der Waals surface area contributed by atoms with Crippen LogP contribution in [0.1, 0.15) is 11.1 Å². The predicted molar refractivity (Wildman–Crippen MR) is 125 cm³/mol. The van der Waals surface area contributed by atoms with Crippen LogP contribution in [0.5, 0.6) is 0 Å². The van der Waals surface area contributed by atoms with Crippen LogP contribution in [0.3, 0.4) is 0 Å². The van der Waals surface area contributed by atoms with Crippen molar-refractivity contribution in [1.82, 2.24) is 5.32 Å². The molecular formula is C22H19Cl3N2O3S. The Kier molecular flexibility index (Phi) is 7.49. The van der Waals surface area contributed by atoms with Gasteiger partial charge in [-0.15, -0.1) is 0 Å². The topological polar surface area (TPSA) is 66.5 Å². The molecule has 0 heterocycles. The quantitative estimate of drug-likeness (QED) is 0.471. The summed E-state index contributed by atoms with van der Waals surface area (Å²) in [6.45, 7) is 1.55. The summed E-state index contributed by atoms with van der Waals surface area (Å²) in [6.07, 6.45) is 0. The molecule has 0 aliphatic heterocycles. The second-order valence-electron chi connectivity index (χ2n) is 6.82. The largest absolute Gasteiger partial charge is 0.350 e. The van der Waals surface area contributed by atoms with E-state index in [4.69, 9.17) is 34.8 Å². The van der Waals surface area contributed by atoms with Gasteiger partial charge in [-0.05, 0) is 48.9 Å². The summed E-state index contributed by atoms with van der Waals surface area (Å²) >= 11 is 18.3. The molecule has 162 valence electrons. The molecule has 31 heavy (non-hydrogen) atoms. The number of carbonyl (C=O) groups is 1. The number of rotatable bonds is 7. The molecular weight excluding hydrogens is 479 g/mol. The highest BCUT2D eigenvalue weighted by atomic mass is 35.5. The lowest BCUT2D eigenvalue weighted by molar-refractivity contribution is -0.119. The van der Waals surface area contributed by atoms with Crippen molar-refractivity contribution in [3.63, 3.8) is 0 Å². The third kappa shape index (κ3) is 5.92. The molecule has 1 N–H and O–H groups in total. The monoisotopic (exact) mass is 496 g/mol. The van der Waals surface area contributed by atoms with E-state index >= 15 is 0 Å². The predicted octanol–water partition coefficient (Wildman–Crippen LogP) is 5.47. The van der Waals surface area contributed by atoms with Gasteiger partial charge < -0.3 is 5.32 Å². The number of anilines is 1. The van der Waals surface area contributed by atoms with Gasteiger partial charge in [-0.2, -0.15) is 0 Å². The standard InChI is InChI=1S/C22H19Cl3N2O3S/c1-15-6-8-20(9-7-15)31(29,30)27(19-11-17(23)10-18(24)12-19)14-22(28)26-13-16-4-2-3-5-21(16)25/h2-12H,13-14H2,1H3,(H,26,28). The van der Waals surface area contributed by atoms with Crippen molar-refractivity contribution in [2.45, 2.75) is 18.4 Å². The number of halogens is 3. The van der Waals surface area contributed by atoms with Crippen molar-refractivity contribution in [3.05, 3.63) is 92.9 Å². The van der Waals surface area contributed by atoms with Crippen LogP contribution in [0, 0.1) is 6.92 Å². The number of hydrogen-bond donors (Lipinski definition) is 1. The molecule has 1 amide bonds. The Balaban J connectivity index is 1.91. The van der Waals surface area contributed by atoms with Crippen LogP contribution in [0.25, 0.3) is 0 Å². The first-order valence-electron chi connectivity index (χ1n) is 9.22. The van der Waals surface area contributed by atoms with E-state index < -0.39 is 22.5 Å². The van der Waals surface area contributed by atoms with Crippen LogP contribution in [0.2, 0.25) is 15.1 Å². The Labute approximate surface area is 196 Å². The summed E-state index contributed by atoms with van der Waals surface area (Å²) in [4.78, 5) is 12.7. The minimum Gasteiger partial charge on any atom is -0.350 e. The first-order chi connectivity index (χ1) is 14.7. The van der Waals surface area contributed by atoms with E-state index in [9.17, 15) is 13.2 Å². The van der Waals surface area contributed by atoms with Crippen molar-refractivity contribution >= 4 is 56.4 Å². The van der Waals surface area contributed by atoms with Crippen LogP contribution < -0.4 is 9.62 Å². The van der Waals surface area contributed by atoms with Gasteiger partial charge in [0.2, 0.25) is 5.91 Å². The number of carbonyl (C=O) groups excluding carboxylic acids is 1. The van der Waals surface area contributed by atoms with Crippen molar-refractivity contribution in [2.24, 2.45) is 0 Å². The molecule has 0 saturated carbocycles. The molecule has 3 rings (SSSR count). The molecule has 0 aromatic heterocycles. The Morgan fingerprint density at radius 2 is 1.55 bits per heavy atom. The molecule has 0 spiro atoms. The molecule has 3 aromatic carbocycles. The molecule has 5 nitrogen and oxygen atoms in total. The lowest BCUT2D eigenvalue weighted by atomic mass is 10.2. The second kappa shape index (κ2) is 9.92. The summed E-state index contributed by atoms with van der Waals surface area (Å²) in [5.41, 5.74) is 1.82. The first-order valence-corrected chi connectivity index (χ1v) is 11.8. The average Bonchev–Trinajstić information content (AvgIpc) is 2.71. The summed E-state index contributed by atoms with van der Waals surface area (Å²) < 4.78 is 27.7. The van der Waals surface area contributed by atoms with Crippen molar-refractivity contribution < 1.29 is 13.2 Å². The summed E-state index contributed by atoms with van der Waals surface area (Å²) in [5, 5.41) is 3.72. The highest BCUT2D eigenvalue weighted by Crippen LogP contribution is 2.29. The minimum absolute atomic E-state index is 0.0492. The van der Waals surface area contributed by atoms with E-state index in [-0.39, 0.29) is 27.2 Å². The van der Waals surface area contributed by atoms with E-state index in [0.717, 1.165) is 15.4 Å². The molecule has 9 heteroatoms. The maximum Gasteiger partial charge on any atom is 0.264 e. The Morgan fingerprint density at radius 3 is 2.16 bits per heavy atom. The number of aryl methyl sites for hydroxylation is 1. The maximum atomic E-state index is 13.4. The van der Waals surface area contributed by atoms with Gasteiger partial charge in [0, 0.05) is 21.6 Å². The summed E-state index contributed by atoms with van der Waals surface area (Å²) in [5.74, 6) is -0.508. The van der Waals surface area contributed by atoms with Gasteiger partial charge in [-0.3, -0.25) is 9.10 Å². The van der Waals surface area contributed by atoms with Crippen molar-refractivity contribution in [3.8, 4) is 0 Å². The van der Waals surface area contributed by atoms with Gasteiger partial charge in [0.15, 0.2) is 0 Å². The van der Waals surface area contributed by atoms with Crippen LogP contribution in [-0.2, 0) is 21.4 Å². The number of benzene rings is 3. The number of nitrogens with zero attached hydrogens (tertiary/aromatic N) is 1. The van der Waals surface area contributed by atoms with Gasteiger partial charge >= 0.3 is 0 Å². The Bertz CT molecular complexity index is 1180. The molecule has 0 bridgehead atoms. The number of nitrogens with one attached hydrogen (secondary N) is 1. The first kappa shape index (κ1) is 23.4. The third-order valence-electron chi connectivity index (χ3n) is 4.47. The fourth-order valence-corrected chi connectivity index (χ4v) is 4.98. The zero-order valence-electron chi connectivity index (χ0n) is 16.5. The lowest BCUT2D eigenvalue weighted by Crippen LogP contribution is -2.40. The maximum absolute atomic E-state index is 13.4. The zero-order chi connectivity index (χ0) is 22.6. The summed E-state index contributed by atoms with van der Waals surface area (Å²) in [7, 11) is -4.06. The van der Waals surface area contributed by atoms with E-state index in [1.165, 1.54) is 30.3 Å². The summed E-state index contributed by atoms with van der Waals surface area (Å²) in [6, 6.07) is 17.8. The molecule has 0 aliphatic rings. The zero-order valence-corrected chi connectivity index (χ0v) is 19.6. The van der Waals surface area contributed by atoms with Gasteiger partial charge in [-0.1, -0.05) is 70.7 Å². The number of sulfonamides is 1. The SMILES string of the molecule is Cc1ccc(S(=O)(=O)N(CC(=O)NCc2ccccc2Cl)c2cc(Cl)cc(Cl)c2)cc1. The highest BCUT2D eigenvalue weighted by molar-refractivity contribution is 7.92. The van der Waals surface area contributed by atoms with E-state index in [1.54, 1.807) is 36.4 Å². The molecule has 3 aromatic rings. The smallest absolute Gasteiger partial charge is 0.264 e. The van der Waals surface area contributed by atoms with E-state index in [2.05, 4.69) is 5.32 Å². The van der Waals surface area contributed by atoms with Gasteiger partial charge in [0.25, 0.3) is 10.0 Å². The number of hydrogen-bond acceptors (Lipinski definition) is 3. The fourth-order valence-electron chi connectivity index (χ4n) is 2.86. The molecule has 0 unspecified atom stereocenters. The van der Waals surface area contributed by atoms with E-state index in [1.807, 2.05) is 6.92 Å². The van der Waals surface area contributed by atoms with Crippen molar-refractivity contribution in [1.29, 1.82) is 0 Å². The fraction of sp³-hybridized carbons (Fsp3) is 0.136. The minimum atomic E-state index is -4.06. The van der Waals surface area contributed by atoms with Crippen LogP contribution in [0.15, 0.2) is 71.6 Å². The van der Waals surface area contributed by atoms with Gasteiger partial charge in [0.05, 0.1) is 10.6 Å². The Hall–Kier alpha value is -2.25. The second-order valence-corrected chi connectivity index (χ2v) is 9.96. The molecule has 0 aliphatic carbocycles. The Morgan fingerprint density at radius 1 is 0.935 bits per heavy atom. The van der Waals surface area contributed by atoms with Crippen LogP contribution in [-0.4, -0.2) is 20.9 Å². The average molecular weight is 498 g/mol. The van der Waals surface area contributed by atoms with Gasteiger partial charge in [-0.25, -0.2) is 8.42 Å². The van der Waals surface area contributed by atoms with Gasteiger partial charge in [0.1, 0.15) is 6.54 Å². The van der Waals surface area contributed by atoms with E-state index in [0.29, 0.717) is 5.02 Å². The van der Waals surface area contributed by atoms with Crippen molar-refractivity contribution in [2.75, 3.05) is 10.8 Å². The number of amides is 1. The normalized spacial score (nSPS) is 11.2. The third-order valence-corrected chi connectivity index (χ3v) is 7.06. The molecule has 0 fully saturated rings. The van der Waals surface area contributed by atoms with Crippen LogP contribution in [0.4, 0.5) is 5.69 Å². The molecule has 0 saturated heterocycles. The van der Waals surface area contributed by atoms with Crippen LogP contribution >= 0.6 is 34.8 Å².